The van der Waals surface area contributed by atoms with Crippen LogP contribution in [0.2, 0.25) is 5.02 Å². The molecule has 0 aromatic heterocycles. The number of carbonyl (C=O) groups is 3. The maximum Gasteiger partial charge on any atom is 0.259 e. The molecule has 3 N–H and O–H groups in total. The van der Waals surface area contributed by atoms with Crippen molar-refractivity contribution in [1.29, 1.82) is 0 Å². The molecule has 3 aromatic rings. The topological polar surface area (TPSA) is 134 Å². The van der Waals surface area contributed by atoms with Crippen molar-refractivity contribution in [2.75, 3.05) is 5.32 Å². The van der Waals surface area contributed by atoms with Crippen molar-refractivity contribution in [2.24, 2.45) is 11.3 Å². The van der Waals surface area contributed by atoms with Crippen LogP contribution in [0.25, 0.3) is 0 Å². The Morgan fingerprint density at radius 1 is 1.04 bits per heavy atom. The lowest BCUT2D eigenvalue weighted by molar-refractivity contribution is -0.145. The predicted octanol–water partition coefficient (Wildman–Crippen LogP) is 5.72. The molecule has 0 saturated heterocycles. The molecular weight excluding hydrogens is 683 g/mol. The van der Waals surface area contributed by atoms with Gasteiger partial charge in [0, 0.05) is 29.6 Å². The molecule has 1 unspecified atom stereocenters. The minimum Gasteiger partial charge on any atom is -0.457 e. The molecule has 3 amide bonds. The van der Waals surface area contributed by atoms with Gasteiger partial charge in [-0.25, -0.2) is 12.8 Å². The maximum atomic E-state index is 14.6. The second-order valence-corrected chi connectivity index (χ2v) is 16.7. The number of sulfonamides is 1. The first-order valence-electron chi connectivity index (χ1n) is 16.5. The Morgan fingerprint density at radius 3 is 2.36 bits per heavy atom. The molecule has 6 rings (SSSR count). The largest absolute Gasteiger partial charge is 0.457 e. The Morgan fingerprint density at radius 2 is 1.74 bits per heavy atom. The van der Waals surface area contributed by atoms with Crippen LogP contribution in [-0.2, 0) is 37.4 Å². The molecule has 4 atom stereocenters. The number of fused-ring (bicyclic) bond motifs is 1. The summed E-state index contributed by atoms with van der Waals surface area (Å²) in [5.41, 5.74) is -0.0833. The third-order valence-electron chi connectivity index (χ3n) is 9.44. The lowest BCUT2D eigenvalue weighted by Crippen LogP contribution is -2.61. The summed E-state index contributed by atoms with van der Waals surface area (Å²) in [5, 5.41) is 5.96. The Kier molecular flexibility index (Phi) is 9.47. The number of carbonyl (C=O) groups excluding carboxylic acids is 3. The summed E-state index contributed by atoms with van der Waals surface area (Å²) in [6.07, 6.45) is 2.71. The van der Waals surface area contributed by atoms with E-state index < -0.39 is 61.9 Å². The van der Waals surface area contributed by atoms with Crippen LogP contribution < -0.4 is 20.1 Å². The molecule has 13 heteroatoms. The van der Waals surface area contributed by atoms with Gasteiger partial charge in [0.25, 0.3) is 5.91 Å². The zero-order valence-electron chi connectivity index (χ0n) is 28.0. The maximum absolute atomic E-state index is 14.6. The average molecular weight is 723 g/mol. The molecule has 50 heavy (non-hydrogen) atoms. The Balaban J connectivity index is 1.32. The summed E-state index contributed by atoms with van der Waals surface area (Å²) in [4.78, 5) is 43.9. The molecule has 1 aliphatic heterocycles. The molecule has 3 aromatic carbocycles. The van der Waals surface area contributed by atoms with Gasteiger partial charge < -0.3 is 20.3 Å². The van der Waals surface area contributed by atoms with Gasteiger partial charge in [-0.2, -0.15) is 0 Å². The van der Waals surface area contributed by atoms with E-state index in [0.29, 0.717) is 35.1 Å². The van der Waals surface area contributed by atoms with Crippen LogP contribution in [0.5, 0.6) is 11.5 Å². The number of hydrogen-bond donors (Lipinski definition) is 3. The van der Waals surface area contributed by atoms with Gasteiger partial charge in [0.15, 0.2) is 0 Å². The molecule has 3 aliphatic rings. The number of nitrogens with one attached hydrogen (secondary N) is 3. The molecule has 1 heterocycles. The quantitative estimate of drug-likeness (QED) is 0.216. The zero-order valence-corrected chi connectivity index (χ0v) is 29.6. The number of rotatable bonds is 11. The molecule has 0 bridgehead atoms. The summed E-state index contributed by atoms with van der Waals surface area (Å²) in [5.74, 6) is -1.69. The van der Waals surface area contributed by atoms with Crippen molar-refractivity contribution in [3.63, 3.8) is 0 Å². The van der Waals surface area contributed by atoms with Crippen molar-refractivity contribution in [1.82, 2.24) is 14.9 Å². The van der Waals surface area contributed by atoms with Crippen LogP contribution in [0.15, 0.2) is 79.4 Å². The van der Waals surface area contributed by atoms with Gasteiger partial charge in [-0.05, 0) is 90.4 Å². The summed E-state index contributed by atoms with van der Waals surface area (Å²) < 4.78 is 47.3. The number of hydrogen-bond acceptors (Lipinski definition) is 7. The zero-order chi connectivity index (χ0) is 36.0. The first kappa shape index (κ1) is 35.4. The van der Waals surface area contributed by atoms with Crippen LogP contribution in [0, 0.1) is 17.2 Å². The van der Waals surface area contributed by atoms with Gasteiger partial charge in [-0.15, -0.1) is 6.58 Å². The predicted molar refractivity (Wildman–Crippen MR) is 189 cm³/mol. The lowest BCUT2D eigenvalue weighted by Gasteiger charge is -2.41. The van der Waals surface area contributed by atoms with E-state index in [1.165, 1.54) is 23.1 Å². The third kappa shape index (κ3) is 7.51. The number of ether oxygens (including phenoxy) is 1. The average Bonchev–Trinajstić information content (AvgIpc) is 3.99. The van der Waals surface area contributed by atoms with E-state index in [9.17, 15) is 27.2 Å². The fourth-order valence-electron chi connectivity index (χ4n) is 6.30. The first-order chi connectivity index (χ1) is 23.6. The van der Waals surface area contributed by atoms with E-state index >= 15 is 0 Å². The molecular formula is C37H40ClFN4O6S. The molecule has 0 spiro atoms. The van der Waals surface area contributed by atoms with Gasteiger partial charge in [0.2, 0.25) is 21.8 Å². The summed E-state index contributed by atoms with van der Waals surface area (Å²) >= 11 is 6.14. The molecule has 2 aliphatic carbocycles. The van der Waals surface area contributed by atoms with Crippen LogP contribution >= 0.6 is 11.6 Å². The van der Waals surface area contributed by atoms with Crippen LogP contribution in [0.3, 0.4) is 0 Å². The highest BCUT2D eigenvalue weighted by molar-refractivity contribution is 7.91. The van der Waals surface area contributed by atoms with Crippen LogP contribution in [0.1, 0.15) is 51.2 Å². The number of anilines is 1. The van der Waals surface area contributed by atoms with Crippen molar-refractivity contribution >= 4 is 45.0 Å². The highest BCUT2D eigenvalue weighted by Gasteiger charge is 2.61. The summed E-state index contributed by atoms with van der Waals surface area (Å²) in [7, 11) is -3.88. The number of amides is 3. The fourth-order valence-corrected chi connectivity index (χ4v) is 7.85. The van der Waals surface area contributed by atoms with Crippen molar-refractivity contribution < 1.29 is 31.9 Å². The van der Waals surface area contributed by atoms with E-state index in [2.05, 4.69) is 21.9 Å². The van der Waals surface area contributed by atoms with Gasteiger partial charge >= 0.3 is 0 Å². The van der Waals surface area contributed by atoms with Crippen molar-refractivity contribution in [2.45, 2.75) is 75.9 Å². The third-order valence-corrected chi connectivity index (χ3v) is 11.5. The smallest absolute Gasteiger partial charge is 0.259 e. The van der Waals surface area contributed by atoms with Crippen LogP contribution in [-0.4, -0.2) is 53.9 Å². The number of halogens is 2. The number of nitrogens with zero attached hydrogens (tertiary/aromatic N) is 1. The molecule has 0 radical (unpaired) electrons. The second kappa shape index (κ2) is 13.4. The van der Waals surface area contributed by atoms with Gasteiger partial charge in [-0.3, -0.25) is 19.1 Å². The Hall–Kier alpha value is -4.42. The van der Waals surface area contributed by atoms with E-state index in [-0.39, 0.29) is 25.3 Å². The minimum atomic E-state index is -3.88. The standard InChI is InChI=1S/C37H40ClFN4O6S/c1-5-24-20-37(24,35(46)42-50(47,48)30-15-16-30)41-33(44)31-18-23-17-29(49-28-8-6-7-25(38)19-28)14-9-22(23)21-43(31)34(45)32(36(2,3)4)40-27-12-10-26(39)11-13-27/h5-14,17,19,24,30-32,40H,1,15-16,18,20-21H2,2-4H3,(H,41,44)(H,42,46)/t24-,31?,32-,37-/m1/s1. The highest BCUT2D eigenvalue weighted by Crippen LogP contribution is 2.45. The van der Waals surface area contributed by atoms with E-state index in [4.69, 9.17) is 16.3 Å². The molecule has 10 nitrogen and oxygen atoms in total. The minimum absolute atomic E-state index is 0.0710. The van der Waals surface area contributed by atoms with E-state index in [1.807, 2.05) is 32.9 Å². The van der Waals surface area contributed by atoms with E-state index in [0.717, 1.165) is 11.1 Å². The molecule has 2 saturated carbocycles. The number of benzene rings is 3. The Bertz CT molecular complexity index is 1950. The van der Waals surface area contributed by atoms with Crippen molar-refractivity contribution in [3.8, 4) is 11.5 Å². The first-order valence-corrected chi connectivity index (χ1v) is 18.4. The Labute approximate surface area is 296 Å². The van der Waals surface area contributed by atoms with E-state index in [1.54, 1.807) is 42.5 Å². The summed E-state index contributed by atoms with van der Waals surface area (Å²) in [6.45, 7) is 9.51. The SMILES string of the molecule is C=C[C@@H]1C[C@]1(NC(=O)C1Cc2cc(Oc3cccc(Cl)c3)ccc2CN1C(=O)[C@@H](Nc1ccc(F)cc1)C(C)(C)C)C(=O)NS(=O)(=O)C1CC1. The second-order valence-electron chi connectivity index (χ2n) is 14.3. The summed E-state index contributed by atoms with van der Waals surface area (Å²) in [6, 6.07) is 16.1. The lowest BCUT2D eigenvalue weighted by atomic mass is 9.84. The fraction of sp³-hybridized carbons (Fsp3) is 0.378. The van der Waals surface area contributed by atoms with Crippen molar-refractivity contribution in [3.05, 3.63) is 101 Å². The van der Waals surface area contributed by atoms with Crippen LogP contribution in [0.4, 0.5) is 10.1 Å². The normalized spacial score (nSPS) is 22.1. The van der Waals surface area contributed by atoms with Gasteiger partial charge in [-0.1, -0.05) is 50.6 Å². The monoisotopic (exact) mass is 722 g/mol. The highest BCUT2D eigenvalue weighted by atomic mass is 35.5. The molecule has 264 valence electrons. The van der Waals surface area contributed by atoms with Gasteiger partial charge in [0.05, 0.1) is 5.25 Å². The van der Waals surface area contributed by atoms with Gasteiger partial charge in [0.1, 0.15) is 34.9 Å². The molecule has 2 fully saturated rings.